The quantitative estimate of drug-likeness (QED) is 0.785. The maximum atomic E-state index is 12.3. The van der Waals surface area contributed by atoms with Crippen LogP contribution < -0.4 is 0 Å². The van der Waals surface area contributed by atoms with E-state index in [2.05, 4.69) is 0 Å². The number of fused-ring (bicyclic) bond motifs is 1. The number of aryl methyl sites for hydroxylation is 1. The first-order valence-corrected chi connectivity index (χ1v) is 6.79. The molecule has 0 aliphatic heterocycles. The van der Waals surface area contributed by atoms with Gasteiger partial charge in [-0.25, -0.2) is 0 Å². The first-order valence-electron chi connectivity index (χ1n) is 6.79. The fourth-order valence-electron chi connectivity index (χ4n) is 2.33. The molecular weight excluding hydrogens is 252 g/mol. The number of carbonyl (C=O) groups is 2. The number of nitrogens with zero attached hydrogens (tertiary/aromatic N) is 2. The van der Waals surface area contributed by atoms with Gasteiger partial charge in [0.2, 0.25) is 5.91 Å². The molecule has 1 amide bonds. The molecule has 1 aromatic carbocycles. The zero-order valence-corrected chi connectivity index (χ0v) is 12.2. The van der Waals surface area contributed by atoms with Gasteiger partial charge >= 0.3 is 0 Å². The van der Waals surface area contributed by atoms with Crippen molar-refractivity contribution < 1.29 is 9.59 Å². The zero-order chi connectivity index (χ0) is 14.7. The van der Waals surface area contributed by atoms with Gasteiger partial charge in [0, 0.05) is 56.6 Å². The molecule has 0 saturated carbocycles. The Morgan fingerprint density at radius 2 is 1.95 bits per heavy atom. The third kappa shape index (κ3) is 2.90. The minimum absolute atomic E-state index is 0.0302. The second-order valence-corrected chi connectivity index (χ2v) is 5.14. The van der Waals surface area contributed by atoms with E-state index in [0.29, 0.717) is 19.4 Å². The fraction of sp³-hybridized carbons (Fsp3) is 0.375. The lowest BCUT2D eigenvalue weighted by Crippen LogP contribution is -2.25. The lowest BCUT2D eigenvalue weighted by Gasteiger charge is -2.13. The summed E-state index contributed by atoms with van der Waals surface area (Å²) in [6.45, 7) is 2.15. The highest BCUT2D eigenvalue weighted by Gasteiger charge is 2.13. The summed E-state index contributed by atoms with van der Waals surface area (Å²) in [5.74, 6) is 0.168. The number of ketones is 1. The zero-order valence-electron chi connectivity index (χ0n) is 12.2. The van der Waals surface area contributed by atoms with Crippen LogP contribution in [0.25, 0.3) is 10.9 Å². The van der Waals surface area contributed by atoms with Gasteiger partial charge in [-0.3, -0.25) is 9.59 Å². The molecule has 2 aromatic rings. The smallest absolute Gasteiger partial charge is 0.219 e. The lowest BCUT2D eigenvalue weighted by atomic mass is 10.1. The highest BCUT2D eigenvalue weighted by atomic mass is 16.2. The highest BCUT2D eigenvalue weighted by molar-refractivity contribution is 6.08. The number of aromatic nitrogens is 1. The van der Waals surface area contributed by atoms with Crippen LogP contribution in [-0.4, -0.2) is 34.7 Å². The number of benzene rings is 1. The maximum Gasteiger partial charge on any atom is 0.219 e. The van der Waals surface area contributed by atoms with Gasteiger partial charge in [-0.15, -0.1) is 0 Å². The molecule has 2 rings (SSSR count). The molecule has 106 valence electrons. The van der Waals surface area contributed by atoms with Gasteiger partial charge in [-0.05, 0) is 12.5 Å². The van der Waals surface area contributed by atoms with E-state index in [9.17, 15) is 9.59 Å². The maximum absolute atomic E-state index is 12.3. The Kier molecular flexibility index (Phi) is 4.23. The van der Waals surface area contributed by atoms with E-state index in [1.54, 1.807) is 11.9 Å². The molecule has 4 heteroatoms. The molecule has 0 fully saturated rings. The van der Waals surface area contributed by atoms with Crippen molar-refractivity contribution in [1.29, 1.82) is 0 Å². The van der Waals surface area contributed by atoms with Gasteiger partial charge in [-0.1, -0.05) is 18.2 Å². The molecule has 0 aliphatic carbocycles. The Morgan fingerprint density at radius 1 is 1.25 bits per heavy atom. The number of Topliss-reactive ketones (excluding diaryl/α,β-unsaturated/α-hetero) is 1. The number of para-hydroxylation sites is 1. The van der Waals surface area contributed by atoms with Crippen LogP contribution in [0.2, 0.25) is 0 Å². The SMILES string of the molecule is CC(=O)N(C)CCCC(=O)c1cn(C)c2ccccc12. The molecule has 0 unspecified atom stereocenters. The van der Waals surface area contributed by atoms with Gasteiger partial charge in [0.25, 0.3) is 0 Å². The van der Waals surface area contributed by atoms with Crippen LogP contribution in [0.3, 0.4) is 0 Å². The van der Waals surface area contributed by atoms with E-state index >= 15 is 0 Å². The van der Waals surface area contributed by atoms with Crippen LogP contribution in [-0.2, 0) is 11.8 Å². The number of rotatable bonds is 5. The lowest BCUT2D eigenvalue weighted by molar-refractivity contribution is -0.127. The van der Waals surface area contributed by atoms with Crippen molar-refractivity contribution >= 4 is 22.6 Å². The Balaban J connectivity index is 2.07. The van der Waals surface area contributed by atoms with E-state index in [4.69, 9.17) is 0 Å². The van der Waals surface area contributed by atoms with E-state index in [0.717, 1.165) is 16.5 Å². The third-order valence-corrected chi connectivity index (χ3v) is 3.63. The summed E-state index contributed by atoms with van der Waals surface area (Å²) in [4.78, 5) is 25.0. The highest BCUT2D eigenvalue weighted by Crippen LogP contribution is 2.21. The van der Waals surface area contributed by atoms with Gasteiger partial charge in [0.05, 0.1) is 0 Å². The van der Waals surface area contributed by atoms with Gasteiger partial charge in [0.1, 0.15) is 0 Å². The standard InChI is InChI=1S/C16H20N2O2/c1-12(19)17(2)10-6-9-16(20)14-11-18(3)15-8-5-4-7-13(14)15/h4-5,7-8,11H,6,9-10H2,1-3H3. The van der Waals surface area contributed by atoms with Gasteiger partial charge < -0.3 is 9.47 Å². The summed E-state index contributed by atoms with van der Waals surface area (Å²) in [6, 6.07) is 7.90. The Labute approximate surface area is 119 Å². The first kappa shape index (κ1) is 14.3. The Bertz CT molecular complexity index is 643. The molecule has 0 N–H and O–H groups in total. The van der Waals surface area contributed by atoms with Gasteiger partial charge in [-0.2, -0.15) is 0 Å². The molecule has 0 aliphatic rings. The number of carbonyl (C=O) groups excluding carboxylic acids is 2. The molecule has 1 aromatic heterocycles. The van der Waals surface area contributed by atoms with Crippen LogP contribution in [0, 0.1) is 0 Å². The summed E-state index contributed by atoms with van der Waals surface area (Å²) in [7, 11) is 3.70. The largest absolute Gasteiger partial charge is 0.350 e. The van der Waals surface area contributed by atoms with Gasteiger partial charge in [0.15, 0.2) is 5.78 Å². The van der Waals surface area contributed by atoms with Crippen molar-refractivity contribution in [3.8, 4) is 0 Å². The summed E-state index contributed by atoms with van der Waals surface area (Å²) in [5, 5.41) is 1.000. The molecule has 20 heavy (non-hydrogen) atoms. The molecule has 0 bridgehead atoms. The van der Waals surface area contributed by atoms with Crippen LogP contribution in [0.15, 0.2) is 30.5 Å². The van der Waals surface area contributed by atoms with Crippen LogP contribution in [0.1, 0.15) is 30.1 Å². The fourth-order valence-corrected chi connectivity index (χ4v) is 2.33. The minimum Gasteiger partial charge on any atom is -0.350 e. The minimum atomic E-state index is 0.0302. The topological polar surface area (TPSA) is 42.3 Å². The van der Waals surface area contributed by atoms with E-state index < -0.39 is 0 Å². The number of hydrogen-bond donors (Lipinski definition) is 0. The summed E-state index contributed by atoms with van der Waals surface area (Å²) >= 11 is 0. The van der Waals surface area contributed by atoms with E-state index in [-0.39, 0.29) is 11.7 Å². The van der Waals surface area contributed by atoms with Crippen molar-refractivity contribution in [3.05, 3.63) is 36.0 Å². The predicted molar refractivity (Wildman–Crippen MR) is 79.8 cm³/mol. The second kappa shape index (κ2) is 5.90. The van der Waals surface area contributed by atoms with Crippen molar-refractivity contribution in [2.24, 2.45) is 7.05 Å². The number of amides is 1. The predicted octanol–water partition coefficient (Wildman–Crippen LogP) is 2.62. The third-order valence-electron chi connectivity index (χ3n) is 3.63. The Hall–Kier alpha value is -2.10. The van der Waals surface area contributed by atoms with Crippen molar-refractivity contribution in [2.75, 3.05) is 13.6 Å². The second-order valence-electron chi connectivity index (χ2n) is 5.14. The molecule has 4 nitrogen and oxygen atoms in total. The van der Waals surface area contributed by atoms with Crippen molar-refractivity contribution in [2.45, 2.75) is 19.8 Å². The van der Waals surface area contributed by atoms with E-state index in [1.165, 1.54) is 6.92 Å². The summed E-state index contributed by atoms with van der Waals surface area (Å²) in [5.41, 5.74) is 1.84. The molecule has 1 heterocycles. The van der Waals surface area contributed by atoms with Crippen molar-refractivity contribution in [3.63, 3.8) is 0 Å². The van der Waals surface area contributed by atoms with Crippen LogP contribution in [0.5, 0.6) is 0 Å². The molecule has 0 atom stereocenters. The summed E-state index contributed by atoms with van der Waals surface area (Å²) < 4.78 is 1.98. The average Bonchev–Trinajstić information content (AvgIpc) is 2.76. The normalized spacial score (nSPS) is 10.8. The summed E-state index contributed by atoms with van der Waals surface area (Å²) in [6.07, 6.45) is 3.05. The molecule has 0 radical (unpaired) electrons. The average molecular weight is 272 g/mol. The monoisotopic (exact) mass is 272 g/mol. The van der Waals surface area contributed by atoms with Crippen LogP contribution >= 0.6 is 0 Å². The van der Waals surface area contributed by atoms with E-state index in [1.807, 2.05) is 42.1 Å². The van der Waals surface area contributed by atoms with Crippen LogP contribution in [0.4, 0.5) is 0 Å². The Morgan fingerprint density at radius 3 is 2.65 bits per heavy atom. The number of hydrogen-bond acceptors (Lipinski definition) is 2. The first-order chi connectivity index (χ1) is 9.50. The molecule has 0 saturated heterocycles. The molecular formula is C16H20N2O2. The molecule has 0 spiro atoms. The van der Waals surface area contributed by atoms with Crippen molar-refractivity contribution in [1.82, 2.24) is 9.47 Å².